The molecular weight excluding hydrogens is 306 g/mol. The second kappa shape index (κ2) is 6.63. The van der Waals surface area contributed by atoms with Gasteiger partial charge in [0.1, 0.15) is 12.1 Å². The molecule has 1 aromatic rings. The fourth-order valence-corrected chi connectivity index (χ4v) is 2.78. The van der Waals surface area contributed by atoms with Crippen LogP contribution in [0.1, 0.15) is 46.1 Å². The minimum atomic E-state index is -1.10. The van der Waals surface area contributed by atoms with Gasteiger partial charge in [-0.05, 0) is 32.3 Å². The Balaban J connectivity index is 2.21. The van der Waals surface area contributed by atoms with Gasteiger partial charge in [0.15, 0.2) is 0 Å². The van der Waals surface area contributed by atoms with Crippen molar-refractivity contribution < 1.29 is 14.4 Å². The summed E-state index contributed by atoms with van der Waals surface area (Å²) < 4.78 is 0. The molecule has 1 aliphatic rings. The summed E-state index contributed by atoms with van der Waals surface area (Å²) in [6.07, 6.45) is 1.17. The first kappa shape index (κ1) is 18.0. The van der Waals surface area contributed by atoms with Gasteiger partial charge in [0.05, 0.1) is 0 Å². The van der Waals surface area contributed by atoms with E-state index in [1.165, 1.54) is 0 Å². The van der Waals surface area contributed by atoms with Gasteiger partial charge in [0.2, 0.25) is 5.91 Å². The smallest absolute Gasteiger partial charge is 0.325 e. The Kier molecular flexibility index (Phi) is 4.96. The van der Waals surface area contributed by atoms with Crippen LogP contribution in [0.5, 0.6) is 0 Å². The van der Waals surface area contributed by atoms with Gasteiger partial charge in [-0.1, -0.05) is 44.2 Å². The van der Waals surface area contributed by atoms with E-state index < -0.39 is 11.6 Å². The van der Waals surface area contributed by atoms with Crippen LogP contribution in [0.4, 0.5) is 4.79 Å². The predicted molar refractivity (Wildman–Crippen MR) is 91.2 cm³/mol. The van der Waals surface area contributed by atoms with Gasteiger partial charge in [0, 0.05) is 5.54 Å². The average Bonchev–Trinajstić information content (AvgIpc) is 2.80. The van der Waals surface area contributed by atoms with Gasteiger partial charge in [-0.25, -0.2) is 4.79 Å². The number of hydrogen-bond donors (Lipinski definition) is 2. The second-order valence-corrected chi connectivity index (χ2v) is 6.73. The fraction of sp³-hybridized carbons (Fsp3) is 0.500. The van der Waals surface area contributed by atoms with Crippen LogP contribution in [-0.4, -0.2) is 34.8 Å². The highest BCUT2D eigenvalue weighted by molar-refractivity contribution is 6.09. The molecule has 1 atom stereocenters. The van der Waals surface area contributed by atoms with Crippen molar-refractivity contribution in [2.24, 2.45) is 0 Å². The van der Waals surface area contributed by atoms with Crippen molar-refractivity contribution >= 4 is 17.8 Å². The molecule has 130 valence electrons. The highest BCUT2D eigenvalue weighted by Crippen LogP contribution is 2.32. The summed E-state index contributed by atoms with van der Waals surface area (Å²) in [5.74, 6) is -0.726. The molecule has 4 amide bonds. The Hall–Kier alpha value is -2.37. The number of imide groups is 1. The Labute approximate surface area is 142 Å². The lowest BCUT2D eigenvalue weighted by Crippen LogP contribution is -2.49. The molecule has 2 N–H and O–H groups in total. The maximum Gasteiger partial charge on any atom is 0.325 e. The Bertz CT molecular complexity index is 642. The van der Waals surface area contributed by atoms with Gasteiger partial charge in [-0.15, -0.1) is 0 Å². The van der Waals surface area contributed by atoms with E-state index in [0.29, 0.717) is 6.42 Å². The van der Waals surface area contributed by atoms with E-state index in [1.54, 1.807) is 0 Å². The minimum absolute atomic E-state index is 0.275. The van der Waals surface area contributed by atoms with E-state index in [9.17, 15) is 14.4 Å². The minimum Gasteiger partial charge on any atom is -0.350 e. The first-order valence-corrected chi connectivity index (χ1v) is 8.26. The third-order valence-corrected chi connectivity index (χ3v) is 4.64. The molecular formula is C18H25N3O3. The number of urea groups is 1. The van der Waals surface area contributed by atoms with Crippen LogP contribution in [0.25, 0.3) is 0 Å². The maximum absolute atomic E-state index is 12.9. The van der Waals surface area contributed by atoms with Crippen molar-refractivity contribution in [3.8, 4) is 0 Å². The average molecular weight is 331 g/mol. The number of benzene rings is 1. The molecule has 1 aromatic carbocycles. The van der Waals surface area contributed by atoms with Gasteiger partial charge >= 0.3 is 6.03 Å². The van der Waals surface area contributed by atoms with Crippen molar-refractivity contribution in [2.75, 3.05) is 6.54 Å². The van der Waals surface area contributed by atoms with Gasteiger partial charge in [0.25, 0.3) is 5.91 Å². The molecule has 1 saturated heterocycles. The maximum atomic E-state index is 12.9. The molecule has 1 heterocycles. The monoisotopic (exact) mass is 331 g/mol. The summed E-state index contributed by atoms with van der Waals surface area (Å²) in [6, 6.07) is 8.59. The molecule has 6 heteroatoms. The molecule has 2 rings (SSSR count). The lowest BCUT2D eigenvalue weighted by Gasteiger charge is -2.27. The molecule has 0 saturated carbocycles. The zero-order valence-corrected chi connectivity index (χ0v) is 14.7. The summed E-state index contributed by atoms with van der Waals surface area (Å²) in [6.45, 7) is 7.33. The molecule has 24 heavy (non-hydrogen) atoms. The first-order chi connectivity index (χ1) is 11.3. The zero-order valence-electron chi connectivity index (χ0n) is 14.7. The number of carbonyl (C=O) groups excluding carboxylic acids is 3. The number of amides is 4. The van der Waals surface area contributed by atoms with E-state index in [-0.39, 0.29) is 23.9 Å². The largest absolute Gasteiger partial charge is 0.350 e. The SMILES string of the molecule is CCC(C)(C)NC(=O)CN1C(=O)N[C@](CC)(c2ccccc2)C1=O. The Morgan fingerprint density at radius 3 is 2.38 bits per heavy atom. The molecule has 0 radical (unpaired) electrons. The van der Waals surface area contributed by atoms with Crippen LogP contribution in [0, 0.1) is 0 Å². The van der Waals surface area contributed by atoms with E-state index in [1.807, 2.05) is 58.0 Å². The molecule has 6 nitrogen and oxygen atoms in total. The molecule has 1 fully saturated rings. The van der Waals surface area contributed by atoms with E-state index in [2.05, 4.69) is 10.6 Å². The number of nitrogens with zero attached hydrogens (tertiary/aromatic N) is 1. The summed E-state index contributed by atoms with van der Waals surface area (Å²) in [5, 5.41) is 5.62. The van der Waals surface area contributed by atoms with Crippen molar-refractivity contribution in [1.29, 1.82) is 0 Å². The lowest BCUT2D eigenvalue weighted by atomic mass is 9.87. The molecule has 1 aliphatic heterocycles. The Morgan fingerprint density at radius 2 is 1.83 bits per heavy atom. The van der Waals surface area contributed by atoms with E-state index >= 15 is 0 Å². The summed E-state index contributed by atoms with van der Waals surface area (Å²) in [5.41, 5.74) is -0.751. The summed E-state index contributed by atoms with van der Waals surface area (Å²) >= 11 is 0. The van der Waals surface area contributed by atoms with Gasteiger partial charge in [-0.3, -0.25) is 14.5 Å². The quantitative estimate of drug-likeness (QED) is 0.784. The number of carbonyl (C=O) groups is 3. The standard InChI is InChI=1S/C18H25N3O3/c1-5-17(3,4)19-14(22)12-21-15(23)18(6-2,20-16(21)24)13-10-8-7-9-11-13/h7-11H,5-6,12H2,1-4H3,(H,19,22)(H,20,24)/t18-/m1/s1. The van der Waals surface area contributed by atoms with Gasteiger partial charge < -0.3 is 10.6 Å². The third kappa shape index (κ3) is 3.27. The molecule has 0 spiro atoms. The van der Waals surface area contributed by atoms with Gasteiger partial charge in [-0.2, -0.15) is 0 Å². The number of hydrogen-bond acceptors (Lipinski definition) is 3. The fourth-order valence-electron chi connectivity index (χ4n) is 2.78. The van der Waals surface area contributed by atoms with Crippen LogP contribution in [-0.2, 0) is 15.1 Å². The Morgan fingerprint density at radius 1 is 1.21 bits per heavy atom. The zero-order chi connectivity index (χ0) is 18.0. The van der Waals surface area contributed by atoms with Crippen molar-refractivity contribution in [3.63, 3.8) is 0 Å². The van der Waals surface area contributed by atoms with Crippen molar-refractivity contribution in [2.45, 2.75) is 51.6 Å². The number of nitrogens with one attached hydrogen (secondary N) is 2. The first-order valence-electron chi connectivity index (χ1n) is 8.26. The summed E-state index contributed by atoms with van der Waals surface area (Å²) in [7, 11) is 0. The predicted octanol–water partition coefficient (Wildman–Crippen LogP) is 2.15. The lowest BCUT2D eigenvalue weighted by molar-refractivity contribution is -0.135. The highest BCUT2D eigenvalue weighted by atomic mass is 16.2. The highest BCUT2D eigenvalue weighted by Gasteiger charge is 2.51. The normalized spacial score (nSPS) is 20.9. The second-order valence-electron chi connectivity index (χ2n) is 6.73. The molecule has 0 bridgehead atoms. The molecule has 0 unspecified atom stereocenters. The van der Waals surface area contributed by atoms with Crippen LogP contribution < -0.4 is 10.6 Å². The van der Waals surface area contributed by atoms with Crippen LogP contribution >= 0.6 is 0 Å². The van der Waals surface area contributed by atoms with Crippen molar-refractivity contribution in [3.05, 3.63) is 35.9 Å². The third-order valence-electron chi connectivity index (χ3n) is 4.64. The topological polar surface area (TPSA) is 78.5 Å². The van der Waals surface area contributed by atoms with E-state index in [0.717, 1.165) is 16.9 Å². The van der Waals surface area contributed by atoms with Crippen LogP contribution in [0.2, 0.25) is 0 Å². The summed E-state index contributed by atoms with van der Waals surface area (Å²) in [4.78, 5) is 38.4. The van der Waals surface area contributed by atoms with Crippen molar-refractivity contribution in [1.82, 2.24) is 15.5 Å². The molecule has 0 aliphatic carbocycles. The number of rotatable bonds is 6. The van der Waals surface area contributed by atoms with E-state index in [4.69, 9.17) is 0 Å². The van der Waals surface area contributed by atoms with Crippen LogP contribution in [0.15, 0.2) is 30.3 Å². The van der Waals surface area contributed by atoms with Crippen LogP contribution in [0.3, 0.4) is 0 Å². The molecule has 0 aromatic heterocycles.